The number of carbonyl (C=O) groups is 1. The number of carbonyl (C=O) groups excluding carboxylic acids is 1. The summed E-state index contributed by atoms with van der Waals surface area (Å²) in [7, 11) is -3.15. The number of piperidine rings is 1. The summed E-state index contributed by atoms with van der Waals surface area (Å²) in [6.45, 7) is 5.91. The normalized spacial score (nSPS) is 22.7. The standard InChI is InChI=1S/C19H28N2O3S/c1-4-18-17-6-5-14(2)13-16(17)9-12-21(18)19(22)15-7-10-20(11-8-15)25(3,23)24/h5-6,13,15,18H,4,7-12H2,1-3H3. The van der Waals surface area contributed by atoms with E-state index in [-0.39, 0.29) is 17.9 Å². The van der Waals surface area contributed by atoms with Crippen LogP contribution >= 0.6 is 0 Å². The highest BCUT2D eigenvalue weighted by Gasteiger charge is 2.36. The Bertz CT molecular complexity index is 752. The minimum absolute atomic E-state index is 0.0564. The van der Waals surface area contributed by atoms with Crippen molar-refractivity contribution < 1.29 is 13.2 Å². The lowest BCUT2D eigenvalue weighted by atomic mass is 9.87. The van der Waals surface area contributed by atoms with Crippen molar-refractivity contribution in [3.63, 3.8) is 0 Å². The quantitative estimate of drug-likeness (QED) is 0.828. The Labute approximate surface area is 151 Å². The Morgan fingerprint density at radius 2 is 1.88 bits per heavy atom. The van der Waals surface area contributed by atoms with Gasteiger partial charge < -0.3 is 4.90 Å². The second-order valence-electron chi connectivity index (χ2n) is 7.34. The molecule has 0 aromatic heterocycles. The first kappa shape index (κ1) is 18.4. The van der Waals surface area contributed by atoms with Gasteiger partial charge in [0.15, 0.2) is 0 Å². The first-order chi connectivity index (χ1) is 11.8. The van der Waals surface area contributed by atoms with Crippen LogP contribution in [0.25, 0.3) is 0 Å². The molecule has 1 fully saturated rings. The van der Waals surface area contributed by atoms with Crippen molar-refractivity contribution in [2.45, 2.75) is 45.6 Å². The topological polar surface area (TPSA) is 57.7 Å². The maximum absolute atomic E-state index is 13.1. The van der Waals surface area contributed by atoms with Crippen LogP contribution in [0, 0.1) is 12.8 Å². The predicted octanol–water partition coefficient (Wildman–Crippen LogP) is 2.50. The summed E-state index contributed by atoms with van der Waals surface area (Å²) >= 11 is 0. The zero-order chi connectivity index (χ0) is 18.2. The van der Waals surface area contributed by atoms with Crippen molar-refractivity contribution >= 4 is 15.9 Å². The zero-order valence-electron chi connectivity index (χ0n) is 15.4. The smallest absolute Gasteiger partial charge is 0.226 e. The van der Waals surface area contributed by atoms with Crippen molar-refractivity contribution in [3.05, 3.63) is 34.9 Å². The van der Waals surface area contributed by atoms with Gasteiger partial charge in [0.1, 0.15) is 0 Å². The third-order valence-electron chi connectivity index (χ3n) is 5.60. The third kappa shape index (κ3) is 3.75. The Morgan fingerprint density at radius 3 is 2.48 bits per heavy atom. The fraction of sp³-hybridized carbons (Fsp3) is 0.632. The fourth-order valence-electron chi connectivity index (χ4n) is 4.21. The molecule has 0 saturated carbocycles. The van der Waals surface area contributed by atoms with Gasteiger partial charge in [-0.1, -0.05) is 30.7 Å². The molecule has 2 heterocycles. The molecule has 0 radical (unpaired) electrons. The zero-order valence-corrected chi connectivity index (χ0v) is 16.2. The summed E-state index contributed by atoms with van der Waals surface area (Å²) in [4.78, 5) is 15.2. The number of nitrogens with zero attached hydrogens (tertiary/aromatic N) is 2. The first-order valence-corrected chi connectivity index (χ1v) is 11.0. The molecular formula is C19H28N2O3S. The maximum Gasteiger partial charge on any atom is 0.226 e. The van der Waals surface area contributed by atoms with E-state index in [1.807, 2.05) is 4.90 Å². The lowest BCUT2D eigenvalue weighted by Gasteiger charge is -2.40. The van der Waals surface area contributed by atoms with Gasteiger partial charge in [-0.3, -0.25) is 4.79 Å². The number of hydrogen-bond acceptors (Lipinski definition) is 3. The van der Waals surface area contributed by atoms with E-state index in [1.165, 1.54) is 27.3 Å². The molecule has 1 aromatic carbocycles. The molecule has 0 bridgehead atoms. The summed E-state index contributed by atoms with van der Waals surface area (Å²) in [6.07, 6.45) is 4.30. The van der Waals surface area contributed by atoms with Crippen LogP contribution in [0.5, 0.6) is 0 Å². The van der Waals surface area contributed by atoms with Gasteiger partial charge >= 0.3 is 0 Å². The van der Waals surface area contributed by atoms with Crippen molar-refractivity contribution in [2.24, 2.45) is 5.92 Å². The number of fused-ring (bicyclic) bond motifs is 1. The summed E-state index contributed by atoms with van der Waals surface area (Å²) in [6, 6.07) is 6.68. The van der Waals surface area contributed by atoms with Gasteiger partial charge in [-0.25, -0.2) is 12.7 Å². The van der Waals surface area contributed by atoms with Crippen molar-refractivity contribution in [3.8, 4) is 0 Å². The van der Waals surface area contributed by atoms with E-state index in [4.69, 9.17) is 0 Å². The van der Waals surface area contributed by atoms with E-state index in [0.717, 1.165) is 19.4 Å². The van der Waals surface area contributed by atoms with Gasteiger partial charge in [-0.2, -0.15) is 0 Å². The SMILES string of the molecule is CCC1c2ccc(C)cc2CCN1C(=O)C1CCN(S(C)(=O)=O)CC1. The Kier molecular flexibility index (Phi) is 5.21. The van der Waals surface area contributed by atoms with Crippen LogP contribution < -0.4 is 0 Å². The van der Waals surface area contributed by atoms with E-state index in [9.17, 15) is 13.2 Å². The van der Waals surface area contributed by atoms with Crippen LogP contribution in [0.2, 0.25) is 0 Å². The molecule has 3 rings (SSSR count). The molecule has 1 aromatic rings. The molecule has 0 aliphatic carbocycles. The third-order valence-corrected chi connectivity index (χ3v) is 6.90. The monoisotopic (exact) mass is 364 g/mol. The van der Waals surface area contributed by atoms with Crippen LogP contribution in [-0.2, 0) is 21.2 Å². The molecule has 5 nitrogen and oxygen atoms in total. The number of sulfonamides is 1. The molecule has 1 atom stereocenters. The van der Waals surface area contributed by atoms with E-state index in [1.54, 1.807) is 0 Å². The molecule has 2 aliphatic heterocycles. The summed E-state index contributed by atoms with van der Waals surface area (Å²) in [5.41, 5.74) is 3.91. The molecule has 1 amide bonds. The van der Waals surface area contributed by atoms with Gasteiger partial charge in [-0.05, 0) is 43.7 Å². The fourth-order valence-corrected chi connectivity index (χ4v) is 5.09. The summed E-state index contributed by atoms with van der Waals surface area (Å²) in [5, 5.41) is 0. The molecule has 25 heavy (non-hydrogen) atoms. The second-order valence-corrected chi connectivity index (χ2v) is 9.33. The molecule has 6 heteroatoms. The average molecular weight is 365 g/mol. The van der Waals surface area contributed by atoms with E-state index in [0.29, 0.717) is 25.9 Å². The van der Waals surface area contributed by atoms with Crippen LogP contribution in [0.1, 0.15) is 48.9 Å². The molecule has 2 aliphatic rings. The summed E-state index contributed by atoms with van der Waals surface area (Å²) in [5.74, 6) is 0.144. The van der Waals surface area contributed by atoms with Crippen molar-refractivity contribution in [1.29, 1.82) is 0 Å². The van der Waals surface area contributed by atoms with Crippen LogP contribution in [0.15, 0.2) is 18.2 Å². The van der Waals surface area contributed by atoms with E-state index < -0.39 is 10.0 Å². The van der Waals surface area contributed by atoms with Gasteiger partial charge in [0.25, 0.3) is 0 Å². The Balaban J connectivity index is 1.74. The molecule has 138 valence electrons. The molecule has 0 N–H and O–H groups in total. The van der Waals surface area contributed by atoms with Gasteiger partial charge in [0, 0.05) is 25.6 Å². The van der Waals surface area contributed by atoms with Crippen LogP contribution in [-0.4, -0.2) is 49.4 Å². The molecule has 1 unspecified atom stereocenters. The van der Waals surface area contributed by atoms with Crippen molar-refractivity contribution in [2.75, 3.05) is 25.9 Å². The number of aryl methyl sites for hydroxylation is 1. The first-order valence-electron chi connectivity index (χ1n) is 9.16. The average Bonchev–Trinajstić information content (AvgIpc) is 2.59. The largest absolute Gasteiger partial charge is 0.335 e. The minimum Gasteiger partial charge on any atom is -0.335 e. The highest BCUT2D eigenvalue weighted by molar-refractivity contribution is 7.88. The maximum atomic E-state index is 13.1. The second kappa shape index (κ2) is 7.08. The number of rotatable bonds is 3. The minimum atomic E-state index is -3.15. The number of benzene rings is 1. The lowest BCUT2D eigenvalue weighted by molar-refractivity contribution is -0.139. The number of hydrogen-bond donors (Lipinski definition) is 0. The highest BCUT2D eigenvalue weighted by atomic mass is 32.2. The predicted molar refractivity (Wildman–Crippen MR) is 98.8 cm³/mol. The Hall–Kier alpha value is -1.40. The summed E-state index contributed by atoms with van der Waals surface area (Å²) < 4.78 is 24.8. The molecule has 1 saturated heterocycles. The van der Waals surface area contributed by atoms with Crippen LogP contribution in [0.3, 0.4) is 0 Å². The van der Waals surface area contributed by atoms with Gasteiger partial charge in [-0.15, -0.1) is 0 Å². The van der Waals surface area contributed by atoms with Gasteiger partial charge in [0.05, 0.1) is 12.3 Å². The number of amides is 1. The van der Waals surface area contributed by atoms with E-state index in [2.05, 4.69) is 32.0 Å². The highest BCUT2D eigenvalue weighted by Crippen LogP contribution is 2.35. The van der Waals surface area contributed by atoms with Crippen LogP contribution in [0.4, 0.5) is 0 Å². The molecular weight excluding hydrogens is 336 g/mol. The van der Waals surface area contributed by atoms with E-state index >= 15 is 0 Å². The van der Waals surface area contributed by atoms with Gasteiger partial charge in [0.2, 0.25) is 15.9 Å². The Morgan fingerprint density at radius 1 is 1.20 bits per heavy atom. The van der Waals surface area contributed by atoms with Crippen molar-refractivity contribution in [1.82, 2.24) is 9.21 Å². The lowest BCUT2D eigenvalue weighted by Crippen LogP contribution is -2.47. The molecule has 0 spiro atoms.